The molecule has 1 fully saturated rings. The van der Waals surface area contributed by atoms with E-state index in [2.05, 4.69) is 29.2 Å². The summed E-state index contributed by atoms with van der Waals surface area (Å²) in [5.74, 6) is -0.330. The Hall–Kier alpha value is -1.51. The molecule has 1 atom stereocenters. The predicted octanol–water partition coefficient (Wildman–Crippen LogP) is 3.73. The lowest BCUT2D eigenvalue weighted by molar-refractivity contribution is -0.144. The minimum Gasteiger partial charge on any atom is -0.466 e. The zero-order chi connectivity index (χ0) is 14.4. The van der Waals surface area contributed by atoms with Crippen molar-refractivity contribution in [1.82, 2.24) is 0 Å². The van der Waals surface area contributed by atoms with Crippen LogP contribution in [0.15, 0.2) is 24.3 Å². The summed E-state index contributed by atoms with van der Waals surface area (Å²) in [4.78, 5) is 14.2. The van der Waals surface area contributed by atoms with Crippen molar-refractivity contribution in [3.05, 3.63) is 29.8 Å². The van der Waals surface area contributed by atoms with Gasteiger partial charge in [0, 0.05) is 18.8 Å². The van der Waals surface area contributed by atoms with E-state index in [-0.39, 0.29) is 11.9 Å². The molecular weight excluding hydrogens is 250 g/mol. The first-order valence-corrected chi connectivity index (χ1v) is 7.74. The predicted molar refractivity (Wildman–Crippen MR) is 82.2 cm³/mol. The molecule has 0 saturated carbocycles. The fourth-order valence-corrected chi connectivity index (χ4v) is 2.71. The van der Waals surface area contributed by atoms with Gasteiger partial charge < -0.3 is 9.64 Å². The van der Waals surface area contributed by atoms with Crippen molar-refractivity contribution in [1.29, 1.82) is 0 Å². The highest BCUT2D eigenvalue weighted by Crippen LogP contribution is 2.23. The minimum absolute atomic E-state index is 0.143. The Morgan fingerprint density at radius 3 is 2.30 bits per heavy atom. The molecule has 0 bridgehead atoms. The van der Waals surface area contributed by atoms with E-state index in [1.807, 2.05) is 13.8 Å². The number of anilines is 1. The van der Waals surface area contributed by atoms with E-state index in [4.69, 9.17) is 4.74 Å². The number of rotatable bonds is 4. The van der Waals surface area contributed by atoms with Crippen LogP contribution in [0.5, 0.6) is 0 Å². The fraction of sp³-hybridized carbons (Fsp3) is 0.588. The Morgan fingerprint density at radius 1 is 1.15 bits per heavy atom. The summed E-state index contributed by atoms with van der Waals surface area (Å²) in [7, 11) is 0. The average molecular weight is 275 g/mol. The second-order valence-electron chi connectivity index (χ2n) is 5.47. The smallest absolute Gasteiger partial charge is 0.313 e. The molecule has 1 aromatic rings. The quantitative estimate of drug-likeness (QED) is 0.784. The van der Waals surface area contributed by atoms with Crippen molar-refractivity contribution in [2.45, 2.75) is 45.4 Å². The summed E-state index contributed by atoms with van der Waals surface area (Å²) in [6, 6.07) is 8.39. The summed E-state index contributed by atoms with van der Waals surface area (Å²) in [5, 5.41) is 0. The Labute approximate surface area is 121 Å². The standard InChI is InChI=1S/C17H25NO2/c1-3-20-17(19)14(2)15-8-10-16(11-9-15)18-12-6-4-5-7-13-18/h8-11,14H,3-7,12-13H2,1-2H3. The molecular formula is C17H25NO2. The van der Waals surface area contributed by atoms with Gasteiger partial charge in [-0.3, -0.25) is 4.79 Å². The molecule has 1 aliphatic rings. The molecule has 0 spiro atoms. The molecule has 0 N–H and O–H groups in total. The monoisotopic (exact) mass is 275 g/mol. The number of hydrogen-bond donors (Lipinski definition) is 0. The van der Waals surface area contributed by atoms with Crippen LogP contribution in [-0.4, -0.2) is 25.7 Å². The van der Waals surface area contributed by atoms with Gasteiger partial charge in [0.1, 0.15) is 0 Å². The van der Waals surface area contributed by atoms with E-state index in [9.17, 15) is 4.79 Å². The van der Waals surface area contributed by atoms with Gasteiger partial charge in [-0.1, -0.05) is 25.0 Å². The molecule has 0 aromatic heterocycles. The van der Waals surface area contributed by atoms with Crippen LogP contribution in [0.4, 0.5) is 5.69 Å². The first-order valence-electron chi connectivity index (χ1n) is 7.74. The topological polar surface area (TPSA) is 29.5 Å². The summed E-state index contributed by atoms with van der Waals surface area (Å²) < 4.78 is 5.07. The second-order valence-corrected chi connectivity index (χ2v) is 5.47. The van der Waals surface area contributed by atoms with Crippen molar-refractivity contribution in [3.8, 4) is 0 Å². The highest BCUT2D eigenvalue weighted by atomic mass is 16.5. The van der Waals surface area contributed by atoms with Crippen molar-refractivity contribution in [3.63, 3.8) is 0 Å². The molecule has 110 valence electrons. The molecule has 1 unspecified atom stereocenters. The van der Waals surface area contributed by atoms with Gasteiger partial charge in [0.05, 0.1) is 12.5 Å². The Kier molecular flexibility index (Phi) is 5.45. The van der Waals surface area contributed by atoms with E-state index in [0.717, 1.165) is 18.7 Å². The Bertz CT molecular complexity index is 419. The maximum Gasteiger partial charge on any atom is 0.313 e. The van der Waals surface area contributed by atoms with E-state index in [1.54, 1.807) is 0 Å². The average Bonchev–Trinajstić information content (AvgIpc) is 2.76. The highest BCUT2D eigenvalue weighted by Gasteiger charge is 2.17. The zero-order valence-corrected chi connectivity index (χ0v) is 12.6. The van der Waals surface area contributed by atoms with Gasteiger partial charge in [0.2, 0.25) is 0 Å². The van der Waals surface area contributed by atoms with Crippen LogP contribution in [0.3, 0.4) is 0 Å². The summed E-state index contributed by atoms with van der Waals surface area (Å²) >= 11 is 0. The minimum atomic E-state index is -0.187. The molecule has 3 nitrogen and oxygen atoms in total. The van der Waals surface area contributed by atoms with Crippen LogP contribution in [0.1, 0.15) is 51.0 Å². The zero-order valence-electron chi connectivity index (χ0n) is 12.6. The fourth-order valence-electron chi connectivity index (χ4n) is 2.71. The number of hydrogen-bond acceptors (Lipinski definition) is 3. The molecule has 3 heteroatoms. The van der Waals surface area contributed by atoms with Gasteiger partial charge in [0.25, 0.3) is 0 Å². The molecule has 20 heavy (non-hydrogen) atoms. The van der Waals surface area contributed by atoms with Crippen molar-refractivity contribution in [2.24, 2.45) is 0 Å². The number of benzene rings is 1. The Morgan fingerprint density at radius 2 is 1.75 bits per heavy atom. The van der Waals surface area contributed by atoms with E-state index in [0.29, 0.717) is 6.61 Å². The third-order valence-corrected chi connectivity index (χ3v) is 4.00. The van der Waals surface area contributed by atoms with Crippen LogP contribution in [0, 0.1) is 0 Å². The van der Waals surface area contributed by atoms with Crippen LogP contribution < -0.4 is 4.90 Å². The van der Waals surface area contributed by atoms with Gasteiger partial charge in [-0.25, -0.2) is 0 Å². The lowest BCUT2D eigenvalue weighted by atomic mass is 10.0. The maximum atomic E-state index is 11.7. The second kappa shape index (κ2) is 7.32. The van der Waals surface area contributed by atoms with Gasteiger partial charge in [0.15, 0.2) is 0 Å². The lowest BCUT2D eigenvalue weighted by Gasteiger charge is -2.23. The van der Waals surface area contributed by atoms with Gasteiger partial charge >= 0.3 is 5.97 Å². The van der Waals surface area contributed by atoms with Crippen molar-refractivity contribution >= 4 is 11.7 Å². The van der Waals surface area contributed by atoms with Crippen molar-refractivity contribution < 1.29 is 9.53 Å². The van der Waals surface area contributed by atoms with Crippen LogP contribution in [0.25, 0.3) is 0 Å². The van der Waals surface area contributed by atoms with Gasteiger partial charge in [-0.05, 0) is 44.4 Å². The van der Waals surface area contributed by atoms with Gasteiger partial charge in [-0.15, -0.1) is 0 Å². The number of carbonyl (C=O) groups is 1. The normalized spacial score (nSPS) is 17.4. The summed E-state index contributed by atoms with van der Waals surface area (Å²) in [6.45, 7) is 6.47. The van der Waals surface area contributed by atoms with Gasteiger partial charge in [-0.2, -0.15) is 0 Å². The van der Waals surface area contributed by atoms with Crippen LogP contribution >= 0.6 is 0 Å². The maximum absolute atomic E-state index is 11.7. The molecule has 0 aliphatic carbocycles. The lowest BCUT2D eigenvalue weighted by Crippen LogP contribution is -2.23. The number of esters is 1. The largest absolute Gasteiger partial charge is 0.466 e. The molecule has 0 amide bonds. The van der Waals surface area contributed by atoms with E-state index >= 15 is 0 Å². The first kappa shape index (κ1) is 14.9. The third-order valence-electron chi connectivity index (χ3n) is 4.00. The van der Waals surface area contributed by atoms with E-state index < -0.39 is 0 Å². The molecule has 1 aromatic carbocycles. The SMILES string of the molecule is CCOC(=O)C(C)c1ccc(N2CCCCCC2)cc1. The molecule has 2 rings (SSSR count). The summed E-state index contributed by atoms with van der Waals surface area (Å²) in [6.07, 6.45) is 5.24. The number of carbonyl (C=O) groups excluding carboxylic acids is 1. The Balaban J connectivity index is 2.03. The molecule has 1 heterocycles. The molecule has 1 saturated heterocycles. The molecule has 1 aliphatic heterocycles. The van der Waals surface area contributed by atoms with Crippen LogP contribution in [0.2, 0.25) is 0 Å². The molecule has 0 radical (unpaired) electrons. The number of nitrogens with zero attached hydrogens (tertiary/aromatic N) is 1. The van der Waals surface area contributed by atoms with E-state index in [1.165, 1.54) is 31.4 Å². The van der Waals surface area contributed by atoms with Crippen LogP contribution in [-0.2, 0) is 9.53 Å². The van der Waals surface area contributed by atoms with Crippen molar-refractivity contribution in [2.75, 3.05) is 24.6 Å². The summed E-state index contributed by atoms with van der Waals surface area (Å²) in [5.41, 5.74) is 2.30. The first-order chi connectivity index (χ1) is 9.72. The highest BCUT2D eigenvalue weighted by molar-refractivity contribution is 5.77. The third kappa shape index (κ3) is 3.75. The number of ether oxygens (including phenoxy) is 1.